The molecule has 0 fully saturated rings. The molecule has 0 spiro atoms. The minimum atomic E-state index is -0.686. The van der Waals surface area contributed by atoms with Crippen LogP contribution in [0.15, 0.2) is 73.1 Å². The number of nitrogens with zero attached hydrogens (tertiary/aromatic N) is 5. The quantitative estimate of drug-likeness (QED) is 0.0600. The van der Waals surface area contributed by atoms with E-state index in [0.717, 1.165) is 7.14 Å². The molecular weight excluding hydrogens is 1130 g/mol. The van der Waals surface area contributed by atoms with Gasteiger partial charge in [0.25, 0.3) is 6.47 Å². The van der Waals surface area contributed by atoms with Crippen LogP contribution in [0.4, 0.5) is 13.2 Å². The molecule has 1 N–H and O–H groups in total. The van der Waals surface area contributed by atoms with E-state index in [1.807, 2.05) is 28.7 Å². The molecular formula is C30H25Cs2F3I2N6O7. The van der Waals surface area contributed by atoms with E-state index >= 15 is 0 Å². The number of hydrogen-bond donors (Lipinski definition) is 1. The first-order valence-electron chi connectivity index (χ1n) is 12.6. The summed E-state index contributed by atoms with van der Waals surface area (Å²) in [5.74, 6) is -2.26. The number of hydrogen-bond acceptors (Lipinski definition) is 11. The van der Waals surface area contributed by atoms with Crippen molar-refractivity contribution in [2.24, 2.45) is 0 Å². The summed E-state index contributed by atoms with van der Waals surface area (Å²) < 4.78 is 51.8. The molecule has 0 atom stereocenters. The first-order valence-corrected chi connectivity index (χ1v) is 14.8. The summed E-state index contributed by atoms with van der Waals surface area (Å²) in [5.41, 5.74) is 0.849. The predicted molar refractivity (Wildman–Crippen MR) is 182 cm³/mol. The second kappa shape index (κ2) is 25.4. The first kappa shape index (κ1) is 49.4. The zero-order chi connectivity index (χ0) is 34.5. The Labute approximate surface area is 429 Å². The second-order valence-electron chi connectivity index (χ2n) is 8.43. The van der Waals surface area contributed by atoms with Crippen LogP contribution in [0, 0.1) is 24.7 Å². The van der Waals surface area contributed by atoms with Gasteiger partial charge in [-0.05, 0) is 87.6 Å². The number of rotatable bonds is 4. The molecule has 254 valence electrons. The monoisotopic (exact) mass is 1160 g/mol. The van der Waals surface area contributed by atoms with Crippen molar-refractivity contribution in [1.82, 2.24) is 29.9 Å². The van der Waals surface area contributed by atoms with Gasteiger partial charge in [-0.1, -0.05) is 19.6 Å². The molecule has 0 saturated carbocycles. The number of pyridine rings is 2. The van der Waals surface area contributed by atoms with Crippen LogP contribution in [0.25, 0.3) is 27.6 Å². The fourth-order valence-corrected chi connectivity index (χ4v) is 4.56. The minimum Gasteiger partial charge on any atom is -1.00 e. The van der Waals surface area contributed by atoms with Crippen LogP contribution in [0.1, 0.15) is 29.8 Å². The Morgan fingerprint density at radius 2 is 1.40 bits per heavy atom. The fourth-order valence-electron chi connectivity index (χ4n) is 3.70. The molecule has 20 heteroatoms. The predicted octanol–water partition coefficient (Wildman–Crippen LogP) is -0.544. The zero-order valence-electron chi connectivity index (χ0n) is 27.0. The number of benzene rings is 2. The number of carbonyl (C=O) groups is 3. The smallest absolute Gasteiger partial charge is 1.00 e. The van der Waals surface area contributed by atoms with Crippen LogP contribution in [0.5, 0.6) is 0 Å². The van der Waals surface area contributed by atoms with E-state index in [4.69, 9.17) is 10.1 Å². The second-order valence-corrected chi connectivity index (χ2v) is 10.9. The normalized spacial score (nSPS) is 9.36. The number of halogens is 5. The van der Waals surface area contributed by atoms with Crippen molar-refractivity contribution in [3.05, 3.63) is 109 Å². The molecule has 0 aliphatic heterocycles. The van der Waals surface area contributed by atoms with E-state index in [0.29, 0.717) is 16.9 Å². The molecule has 0 amide bonds. The molecule has 0 aliphatic carbocycles. The Bertz CT molecular complexity index is 2010. The molecule has 0 saturated heterocycles. The minimum absolute atomic E-state index is 0. The van der Waals surface area contributed by atoms with Crippen molar-refractivity contribution in [3.63, 3.8) is 0 Å². The summed E-state index contributed by atoms with van der Waals surface area (Å²) in [6.45, 7) is -0.181. The SMILES string of the molecule is C.COC(=O)c1n[nH]c2cccc(F)c12.COC(=O)c1nn(-c2cc(I)ccn2)c2cccc(F)c12.Fc1cc(I)ccn1.O=CO[O-].[Cs+].[Cs+].[H-]. The molecule has 6 aromatic rings. The number of nitrogens with one attached hydrogen (secondary N) is 1. The summed E-state index contributed by atoms with van der Waals surface area (Å²) in [6.07, 6.45) is 3.07. The van der Waals surface area contributed by atoms with Crippen LogP contribution in [0.3, 0.4) is 0 Å². The van der Waals surface area contributed by atoms with E-state index in [2.05, 4.69) is 62.2 Å². The van der Waals surface area contributed by atoms with Crippen LogP contribution in [-0.2, 0) is 19.2 Å². The average molecular weight is 1160 g/mol. The molecule has 4 heterocycles. The standard InChI is InChI=1S/C14H9FIN3O2.C9H7FN2O2.C5H3FIN.CH2O3.CH4.2Cs.H/c1-21-14(20)13-12-9(15)3-2-4-10(12)19(18-13)11-7-8(16)5-6-17-11;1-14-9(13)8-7-5(10)3-2-4-6(7)11-12-8;6-5-3-4(7)1-2-8-5;2-1-4-3;;;;/h2-7H,1H3;2-4H,1H3,(H,11,12);1-3H;1,3H;1H4;;;/q;;;;;2*+1;-1/p-1. The number of H-pyrrole nitrogens is 1. The zero-order valence-corrected chi connectivity index (χ0v) is 42.9. The van der Waals surface area contributed by atoms with Crippen molar-refractivity contribution in [1.29, 1.82) is 0 Å². The van der Waals surface area contributed by atoms with Crippen molar-refractivity contribution in [2.45, 2.75) is 7.43 Å². The van der Waals surface area contributed by atoms with Gasteiger partial charge < -0.3 is 21.0 Å². The van der Waals surface area contributed by atoms with Gasteiger partial charge in [-0.15, -0.1) is 0 Å². The Morgan fingerprint density at radius 1 is 0.860 bits per heavy atom. The molecule has 13 nitrogen and oxygen atoms in total. The Kier molecular flexibility index (Phi) is 25.1. The maximum atomic E-state index is 14.1. The summed E-state index contributed by atoms with van der Waals surface area (Å²) in [5, 5.41) is 19.1. The van der Waals surface area contributed by atoms with Crippen LogP contribution in [-0.4, -0.2) is 62.6 Å². The van der Waals surface area contributed by atoms with Gasteiger partial charge in [-0.25, -0.2) is 33.0 Å². The third-order valence-electron chi connectivity index (χ3n) is 5.61. The first-order chi connectivity index (χ1) is 22.6. The van der Waals surface area contributed by atoms with Crippen molar-refractivity contribution in [3.8, 4) is 5.82 Å². The molecule has 0 bridgehead atoms. The van der Waals surface area contributed by atoms with E-state index < -0.39 is 29.5 Å². The third-order valence-corrected chi connectivity index (χ3v) is 6.95. The molecule has 6 rings (SSSR count). The summed E-state index contributed by atoms with van der Waals surface area (Å²) >= 11 is 4.17. The number of aromatic amines is 1. The number of carbonyl (C=O) groups excluding carboxylic acids is 3. The maximum Gasteiger partial charge on any atom is 1.00 e. The van der Waals surface area contributed by atoms with E-state index in [9.17, 15) is 22.8 Å². The van der Waals surface area contributed by atoms with E-state index in [1.54, 1.807) is 36.5 Å². The molecule has 0 radical (unpaired) electrons. The number of esters is 2. The number of ether oxygens (including phenoxy) is 2. The summed E-state index contributed by atoms with van der Waals surface area (Å²) in [7, 11) is 2.46. The molecule has 2 aromatic carbocycles. The van der Waals surface area contributed by atoms with Gasteiger partial charge in [0.05, 0.1) is 36.0 Å². The van der Waals surface area contributed by atoms with Gasteiger partial charge in [0.2, 0.25) is 5.95 Å². The topological polar surface area (TPSA) is 174 Å². The average Bonchev–Trinajstić information content (AvgIpc) is 3.69. The number of methoxy groups -OCH3 is 2. The van der Waals surface area contributed by atoms with Gasteiger partial charge in [-0.3, -0.25) is 9.89 Å². The Hall–Kier alpha value is -0.596. The van der Waals surface area contributed by atoms with E-state index in [1.165, 1.54) is 49.4 Å². The van der Waals surface area contributed by atoms with Crippen LogP contribution in [0.2, 0.25) is 0 Å². The van der Waals surface area contributed by atoms with Crippen molar-refractivity contribution in [2.75, 3.05) is 14.2 Å². The molecule has 4 aromatic heterocycles. The van der Waals surface area contributed by atoms with Gasteiger partial charge >= 0.3 is 150 Å². The third kappa shape index (κ3) is 14.0. The Morgan fingerprint density at radius 3 is 1.92 bits per heavy atom. The van der Waals surface area contributed by atoms with Gasteiger partial charge in [0, 0.05) is 25.6 Å². The molecule has 0 unspecified atom stereocenters. The maximum absolute atomic E-state index is 14.1. The van der Waals surface area contributed by atoms with Crippen LogP contribution < -0.4 is 143 Å². The van der Waals surface area contributed by atoms with Gasteiger partial charge in [0.1, 0.15) is 11.6 Å². The van der Waals surface area contributed by atoms with Crippen molar-refractivity contribution < 1.29 is 186 Å². The van der Waals surface area contributed by atoms with Gasteiger partial charge in [0.15, 0.2) is 17.2 Å². The fraction of sp³-hybridized carbons (Fsp3) is 0.100. The van der Waals surface area contributed by atoms with E-state index in [-0.39, 0.29) is 175 Å². The number of fused-ring (bicyclic) bond motifs is 2. The number of aromatic nitrogens is 6. The van der Waals surface area contributed by atoms with Crippen molar-refractivity contribution >= 4 is 85.4 Å². The van der Waals surface area contributed by atoms with Gasteiger partial charge in [-0.2, -0.15) is 14.6 Å². The largest absolute Gasteiger partial charge is 1.00 e. The summed E-state index contributed by atoms with van der Waals surface area (Å²) in [6, 6.07) is 15.7. The summed E-state index contributed by atoms with van der Waals surface area (Å²) in [4.78, 5) is 41.8. The Balaban J connectivity index is 0. The van der Waals surface area contributed by atoms with Crippen LogP contribution >= 0.6 is 45.2 Å². The molecule has 0 aliphatic rings. The molecule has 50 heavy (non-hydrogen) atoms.